The first-order valence-corrected chi connectivity index (χ1v) is 7.14. The molecule has 1 rings (SSSR count). The van der Waals surface area contributed by atoms with Gasteiger partial charge in [-0.15, -0.1) is 0 Å². The molecule has 0 saturated carbocycles. The van der Waals surface area contributed by atoms with E-state index in [9.17, 15) is 4.79 Å². The molecule has 1 aliphatic rings. The predicted octanol–water partition coefficient (Wildman–Crippen LogP) is 4.06. The smallest absolute Gasteiger partial charge is 0.161 e. The van der Waals surface area contributed by atoms with Gasteiger partial charge in [-0.1, -0.05) is 38.2 Å². The van der Waals surface area contributed by atoms with Crippen LogP contribution in [-0.2, 0) is 9.53 Å². The second kappa shape index (κ2) is 9.09. The van der Waals surface area contributed by atoms with Gasteiger partial charge in [-0.25, -0.2) is 0 Å². The summed E-state index contributed by atoms with van der Waals surface area (Å²) in [5, 5.41) is 0. The largest absolute Gasteiger partial charge is 0.370 e. The zero-order valence-electron chi connectivity index (χ0n) is 11.7. The number of Topliss-reactive ketones (excluding diaryl/α,β-unsaturated/α-hetero) is 1. The van der Waals surface area contributed by atoms with Crippen molar-refractivity contribution in [3.8, 4) is 0 Å². The zero-order valence-corrected chi connectivity index (χ0v) is 11.7. The average molecular weight is 250 g/mol. The Morgan fingerprint density at radius 3 is 2.39 bits per heavy atom. The highest BCUT2D eigenvalue weighted by atomic mass is 16.5. The van der Waals surface area contributed by atoms with Gasteiger partial charge in [0.1, 0.15) is 6.10 Å². The van der Waals surface area contributed by atoms with Crippen molar-refractivity contribution in [3.63, 3.8) is 0 Å². The van der Waals surface area contributed by atoms with Gasteiger partial charge in [0.2, 0.25) is 0 Å². The molecule has 1 aliphatic carbocycles. The summed E-state index contributed by atoms with van der Waals surface area (Å²) in [6.45, 7) is 4.90. The number of ether oxygens (including phenoxy) is 1. The molecule has 0 heterocycles. The van der Waals surface area contributed by atoms with Crippen LogP contribution in [0.3, 0.4) is 0 Å². The molecule has 0 radical (unpaired) electrons. The summed E-state index contributed by atoms with van der Waals surface area (Å²) in [6.07, 6.45) is 13.9. The maximum atomic E-state index is 12.1. The molecule has 0 aromatic rings. The fourth-order valence-corrected chi connectivity index (χ4v) is 1.94. The molecule has 1 unspecified atom stereocenters. The minimum Gasteiger partial charge on any atom is -0.370 e. The molecular formula is C16H26O2. The van der Waals surface area contributed by atoms with Gasteiger partial charge >= 0.3 is 0 Å². The van der Waals surface area contributed by atoms with Crippen LogP contribution in [0.25, 0.3) is 0 Å². The Kier molecular flexibility index (Phi) is 7.66. The minimum atomic E-state index is -0.204. The van der Waals surface area contributed by atoms with E-state index in [1.54, 1.807) is 0 Å². The molecule has 0 bridgehead atoms. The Balaban J connectivity index is 2.51. The van der Waals surface area contributed by atoms with Gasteiger partial charge in [0, 0.05) is 13.0 Å². The van der Waals surface area contributed by atoms with Crippen LogP contribution in [0.15, 0.2) is 24.3 Å². The van der Waals surface area contributed by atoms with E-state index in [0.717, 1.165) is 32.1 Å². The molecular weight excluding hydrogens is 224 g/mol. The van der Waals surface area contributed by atoms with Gasteiger partial charge in [0.05, 0.1) is 0 Å². The standard InChI is InChI=1S/C16H26O2/c1-14(2)13-18-16-12-10-8-6-4-3-5-7-9-11-15(16)17/h5-8,14,16H,3-4,9-13H2,1-2H3/b7-5-,8-6-. The Morgan fingerprint density at radius 2 is 1.72 bits per heavy atom. The lowest BCUT2D eigenvalue weighted by Crippen LogP contribution is -2.25. The van der Waals surface area contributed by atoms with Crippen molar-refractivity contribution in [2.75, 3.05) is 6.61 Å². The monoisotopic (exact) mass is 250 g/mol. The Bertz CT molecular complexity index is 289. The van der Waals surface area contributed by atoms with Gasteiger partial charge < -0.3 is 4.74 Å². The summed E-state index contributed by atoms with van der Waals surface area (Å²) >= 11 is 0. The van der Waals surface area contributed by atoms with E-state index in [-0.39, 0.29) is 11.9 Å². The molecule has 0 amide bonds. The van der Waals surface area contributed by atoms with Crippen molar-refractivity contribution >= 4 is 5.78 Å². The normalized spacial score (nSPS) is 26.4. The first-order valence-electron chi connectivity index (χ1n) is 7.14. The lowest BCUT2D eigenvalue weighted by Gasteiger charge is -2.17. The van der Waals surface area contributed by atoms with Crippen LogP contribution in [-0.4, -0.2) is 18.5 Å². The maximum absolute atomic E-state index is 12.1. The Hall–Kier alpha value is -0.890. The SMILES string of the molecule is CC(C)COC1CC/C=C\CC/C=C\CCC1=O. The van der Waals surface area contributed by atoms with Crippen LogP contribution >= 0.6 is 0 Å². The van der Waals surface area contributed by atoms with Crippen LogP contribution in [0.1, 0.15) is 52.4 Å². The van der Waals surface area contributed by atoms with E-state index in [0.29, 0.717) is 18.9 Å². The van der Waals surface area contributed by atoms with Gasteiger partial charge in [-0.05, 0) is 38.0 Å². The summed E-state index contributed by atoms with van der Waals surface area (Å²) in [6, 6.07) is 0. The quantitative estimate of drug-likeness (QED) is 0.706. The second-order valence-electron chi connectivity index (χ2n) is 5.32. The molecule has 0 saturated heterocycles. The molecule has 18 heavy (non-hydrogen) atoms. The van der Waals surface area contributed by atoms with Gasteiger partial charge in [-0.2, -0.15) is 0 Å². The molecule has 0 spiro atoms. The maximum Gasteiger partial charge on any atom is 0.161 e. The number of rotatable bonds is 3. The van der Waals surface area contributed by atoms with E-state index in [4.69, 9.17) is 4.74 Å². The fraction of sp³-hybridized carbons (Fsp3) is 0.688. The number of hydrogen-bond acceptors (Lipinski definition) is 2. The highest BCUT2D eigenvalue weighted by Crippen LogP contribution is 2.12. The number of ketones is 1. The van der Waals surface area contributed by atoms with Crippen LogP contribution in [0.5, 0.6) is 0 Å². The van der Waals surface area contributed by atoms with E-state index in [1.807, 2.05) is 0 Å². The Labute approximate surface area is 111 Å². The van der Waals surface area contributed by atoms with Crippen molar-refractivity contribution < 1.29 is 9.53 Å². The van der Waals surface area contributed by atoms with Crippen LogP contribution in [0, 0.1) is 5.92 Å². The first kappa shape index (κ1) is 15.2. The molecule has 1 atom stereocenters. The van der Waals surface area contributed by atoms with Crippen molar-refractivity contribution in [3.05, 3.63) is 24.3 Å². The molecule has 2 nitrogen and oxygen atoms in total. The fourth-order valence-electron chi connectivity index (χ4n) is 1.94. The van der Waals surface area contributed by atoms with Gasteiger partial charge in [-0.3, -0.25) is 4.79 Å². The van der Waals surface area contributed by atoms with E-state index in [2.05, 4.69) is 38.2 Å². The highest BCUT2D eigenvalue weighted by molar-refractivity contribution is 5.83. The molecule has 0 aromatic heterocycles. The van der Waals surface area contributed by atoms with Crippen molar-refractivity contribution in [2.45, 2.75) is 58.5 Å². The molecule has 0 aliphatic heterocycles. The zero-order chi connectivity index (χ0) is 13.2. The van der Waals surface area contributed by atoms with Gasteiger partial charge in [0.25, 0.3) is 0 Å². The van der Waals surface area contributed by atoms with E-state index < -0.39 is 0 Å². The summed E-state index contributed by atoms with van der Waals surface area (Å²) < 4.78 is 5.75. The molecule has 0 aromatic carbocycles. The number of allylic oxidation sites excluding steroid dienone is 4. The molecule has 0 fully saturated rings. The summed E-state index contributed by atoms with van der Waals surface area (Å²) in [7, 11) is 0. The first-order chi connectivity index (χ1) is 8.70. The van der Waals surface area contributed by atoms with Crippen molar-refractivity contribution in [1.82, 2.24) is 0 Å². The van der Waals surface area contributed by atoms with Crippen molar-refractivity contribution in [1.29, 1.82) is 0 Å². The minimum absolute atomic E-state index is 0.204. The molecule has 2 heteroatoms. The van der Waals surface area contributed by atoms with Crippen molar-refractivity contribution in [2.24, 2.45) is 5.92 Å². The van der Waals surface area contributed by atoms with Crippen LogP contribution in [0.2, 0.25) is 0 Å². The second-order valence-corrected chi connectivity index (χ2v) is 5.32. The summed E-state index contributed by atoms with van der Waals surface area (Å²) in [4.78, 5) is 12.1. The topological polar surface area (TPSA) is 26.3 Å². The third-order valence-corrected chi connectivity index (χ3v) is 2.98. The predicted molar refractivity (Wildman–Crippen MR) is 75.6 cm³/mol. The number of hydrogen-bond donors (Lipinski definition) is 0. The average Bonchev–Trinajstić information content (AvgIpc) is 2.32. The summed E-state index contributed by atoms with van der Waals surface area (Å²) in [5.74, 6) is 0.740. The third kappa shape index (κ3) is 6.75. The lowest BCUT2D eigenvalue weighted by atomic mass is 10.0. The Morgan fingerprint density at radius 1 is 1.11 bits per heavy atom. The number of carbonyl (C=O) groups excluding carboxylic acids is 1. The van der Waals surface area contributed by atoms with Gasteiger partial charge in [0.15, 0.2) is 5.78 Å². The van der Waals surface area contributed by atoms with E-state index >= 15 is 0 Å². The summed E-state index contributed by atoms with van der Waals surface area (Å²) in [5.41, 5.74) is 0. The third-order valence-electron chi connectivity index (χ3n) is 2.98. The van der Waals surface area contributed by atoms with E-state index in [1.165, 1.54) is 0 Å². The van der Waals surface area contributed by atoms with Crippen LogP contribution in [0.4, 0.5) is 0 Å². The molecule has 0 N–H and O–H groups in total. The van der Waals surface area contributed by atoms with Crippen LogP contribution < -0.4 is 0 Å². The lowest BCUT2D eigenvalue weighted by molar-refractivity contribution is -0.131. The molecule has 102 valence electrons. The highest BCUT2D eigenvalue weighted by Gasteiger charge is 2.18. The number of carbonyl (C=O) groups is 1.